The molecular weight excluding hydrogens is 469 g/mol. The number of halogens is 2. The lowest BCUT2D eigenvalue weighted by Crippen LogP contribution is -2.37. The standard InChI is InChI=1S/C26H27ClFN5O2/c1-17-6-9-32(10-7-17)8-2-3-25(34)33-11-12-35-24-15-22-19(14-23(24)33)26(30-16-29-22)31-18-4-5-21(28)20(27)13-18/h2-5,13-17H,6-12H2,1H3,(H,29,30,31)/b3-2+. The lowest BCUT2D eigenvalue weighted by molar-refractivity contribution is -0.114. The van der Waals surface area contributed by atoms with Gasteiger partial charge in [0, 0.05) is 29.8 Å². The van der Waals surface area contributed by atoms with Gasteiger partial charge < -0.3 is 15.0 Å². The van der Waals surface area contributed by atoms with Gasteiger partial charge >= 0.3 is 0 Å². The zero-order valence-corrected chi connectivity index (χ0v) is 20.3. The van der Waals surface area contributed by atoms with Crippen molar-refractivity contribution in [2.24, 2.45) is 5.92 Å². The van der Waals surface area contributed by atoms with Gasteiger partial charge in [-0.2, -0.15) is 0 Å². The molecule has 1 aromatic heterocycles. The number of carbonyl (C=O) groups excluding carboxylic acids is 1. The third-order valence-corrected chi connectivity index (χ3v) is 6.82. The van der Waals surface area contributed by atoms with Crippen LogP contribution in [0.1, 0.15) is 19.8 Å². The molecule has 3 aromatic rings. The fraction of sp³-hybridized carbons (Fsp3) is 0.346. The number of amides is 1. The summed E-state index contributed by atoms with van der Waals surface area (Å²) in [6, 6.07) is 8.04. The van der Waals surface area contributed by atoms with Crippen LogP contribution in [0.15, 0.2) is 48.8 Å². The molecule has 2 aromatic carbocycles. The highest BCUT2D eigenvalue weighted by Crippen LogP contribution is 2.37. The van der Waals surface area contributed by atoms with Crippen LogP contribution in [0.3, 0.4) is 0 Å². The molecule has 0 unspecified atom stereocenters. The van der Waals surface area contributed by atoms with E-state index in [0.29, 0.717) is 47.0 Å². The van der Waals surface area contributed by atoms with Crippen molar-refractivity contribution in [1.29, 1.82) is 0 Å². The second-order valence-electron chi connectivity index (χ2n) is 9.04. The average Bonchev–Trinajstić information content (AvgIpc) is 2.86. The Balaban J connectivity index is 1.38. The molecule has 0 bridgehead atoms. The van der Waals surface area contributed by atoms with Crippen molar-refractivity contribution < 1.29 is 13.9 Å². The maximum Gasteiger partial charge on any atom is 0.250 e. The van der Waals surface area contributed by atoms with Crippen molar-refractivity contribution in [1.82, 2.24) is 14.9 Å². The number of carbonyl (C=O) groups is 1. The van der Waals surface area contributed by atoms with Crippen LogP contribution < -0.4 is 15.0 Å². The first-order valence-electron chi connectivity index (χ1n) is 11.8. The Morgan fingerprint density at radius 2 is 2.06 bits per heavy atom. The Morgan fingerprint density at radius 3 is 2.86 bits per heavy atom. The van der Waals surface area contributed by atoms with Crippen LogP contribution in [0.4, 0.5) is 21.6 Å². The number of nitrogens with one attached hydrogen (secondary N) is 1. The summed E-state index contributed by atoms with van der Waals surface area (Å²) in [5.41, 5.74) is 1.92. The average molecular weight is 496 g/mol. The molecular formula is C26H27ClFN5O2. The van der Waals surface area contributed by atoms with Gasteiger partial charge in [-0.1, -0.05) is 24.6 Å². The van der Waals surface area contributed by atoms with Crippen molar-refractivity contribution in [3.05, 3.63) is 59.7 Å². The quantitative estimate of drug-likeness (QED) is 0.492. The summed E-state index contributed by atoms with van der Waals surface area (Å²) in [7, 11) is 0. The maximum absolute atomic E-state index is 13.6. The lowest BCUT2D eigenvalue weighted by atomic mass is 9.99. The van der Waals surface area contributed by atoms with Crippen molar-refractivity contribution in [2.75, 3.05) is 43.0 Å². The first kappa shape index (κ1) is 23.5. The summed E-state index contributed by atoms with van der Waals surface area (Å²) in [5.74, 6) is 1.32. The Labute approximate surface area is 208 Å². The third-order valence-electron chi connectivity index (χ3n) is 6.53. The zero-order chi connectivity index (χ0) is 24.4. The SMILES string of the molecule is CC1CCN(C/C=C/C(=O)N2CCOc3cc4ncnc(Nc5ccc(F)c(Cl)c5)c4cc32)CC1. The van der Waals surface area contributed by atoms with E-state index in [9.17, 15) is 9.18 Å². The summed E-state index contributed by atoms with van der Waals surface area (Å²) in [6.45, 7) is 6.06. The molecule has 1 amide bonds. The van der Waals surface area contributed by atoms with Gasteiger partial charge in [0.05, 0.1) is 22.8 Å². The van der Waals surface area contributed by atoms with E-state index in [4.69, 9.17) is 16.3 Å². The van der Waals surface area contributed by atoms with Gasteiger partial charge in [0.2, 0.25) is 0 Å². The molecule has 1 fully saturated rings. The van der Waals surface area contributed by atoms with Crippen LogP contribution in [0.25, 0.3) is 10.9 Å². The molecule has 0 atom stereocenters. The first-order chi connectivity index (χ1) is 17.0. The third kappa shape index (κ3) is 5.23. The molecule has 2 aliphatic heterocycles. The fourth-order valence-corrected chi connectivity index (χ4v) is 4.62. The highest BCUT2D eigenvalue weighted by molar-refractivity contribution is 6.31. The topological polar surface area (TPSA) is 70.6 Å². The number of likely N-dealkylation sites (tertiary alicyclic amines) is 1. The Morgan fingerprint density at radius 1 is 1.23 bits per heavy atom. The number of benzene rings is 2. The second kappa shape index (κ2) is 10.2. The van der Waals surface area contributed by atoms with Crippen molar-refractivity contribution >= 4 is 45.6 Å². The predicted octanol–water partition coefficient (Wildman–Crippen LogP) is 5.18. The highest BCUT2D eigenvalue weighted by Gasteiger charge is 2.24. The van der Waals surface area contributed by atoms with E-state index in [0.717, 1.165) is 25.6 Å². The molecule has 1 saturated heterocycles. The second-order valence-corrected chi connectivity index (χ2v) is 9.44. The molecule has 0 saturated carbocycles. The molecule has 0 radical (unpaired) electrons. The molecule has 3 heterocycles. The monoisotopic (exact) mass is 495 g/mol. The van der Waals surface area contributed by atoms with Gasteiger partial charge in [0.25, 0.3) is 5.91 Å². The molecule has 5 rings (SSSR count). The van der Waals surface area contributed by atoms with E-state index in [1.165, 1.54) is 31.3 Å². The molecule has 1 N–H and O–H groups in total. The van der Waals surface area contributed by atoms with Crippen LogP contribution in [-0.2, 0) is 4.79 Å². The van der Waals surface area contributed by atoms with E-state index in [-0.39, 0.29) is 10.9 Å². The molecule has 9 heteroatoms. The number of hydrogen-bond donors (Lipinski definition) is 1. The number of nitrogens with zero attached hydrogens (tertiary/aromatic N) is 4. The highest BCUT2D eigenvalue weighted by atomic mass is 35.5. The Bertz CT molecular complexity index is 1280. The van der Waals surface area contributed by atoms with Crippen molar-refractivity contribution in [3.63, 3.8) is 0 Å². The van der Waals surface area contributed by atoms with Crippen molar-refractivity contribution in [3.8, 4) is 5.75 Å². The zero-order valence-electron chi connectivity index (χ0n) is 19.5. The number of piperidine rings is 1. The van der Waals surface area contributed by atoms with Crippen LogP contribution in [0.2, 0.25) is 5.02 Å². The van der Waals surface area contributed by atoms with Crippen molar-refractivity contribution in [2.45, 2.75) is 19.8 Å². The number of rotatable bonds is 5. The summed E-state index contributed by atoms with van der Waals surface area (Å²) in [4.78, 5) is 25.9. The van der Waals surface area contributed by atoms with Gasteiger partial charge in [-0.05, 0) is 56.1 Å². The summed E-state index contributed by atoms with van der Waals surface area (Å²) in [5, 5.41) is 3.90. The number of hydrogen-bond acceptors (Lipinski definition) is 6. The summed E-state index contributed by atoms with van der Waals surface area (Å²) >= 11 is 5.93. The largest absolute Gasteiger partial charge is 0.489 e. The summed E-state index contributed by atoms with van der Waals surface area (Å²) in [6.07, 6.45) is 7.45. The molecule has 0 spiro atoms. The van der Waals surface area contributed by atoms with Gasteiger partial charge in [0.15, 0.2) is 0 Å². The van der Waals surface area contributed by atoms with Crippen LogP contribution >= 0.6 is 11.6 Å². The van der Waals surface area contributed by atoms with Crippen LogP contribution in [-0.4, -0.2) is 53.6 Å². The Hall–Kier alpha value is -3.23. The molecule has 2 aliphatic rings. The summed E-state index contributed by atoms with van der Waals surface area (Å²) < 4.78 is 19.4. The first-order valence-corrected chi connectivity index (χ1v) is 12.2. The lowest BCUT2D eigenvalue weighted by Gasteiger charge is -2.30. The maximum atomic E-state index is 13.6. The fourth-order valence-electron chi connectivity index (χ4n) is 4.44. The van der Waals surface area contributed by atoms with E-state index in [2.05, 4.69) is 27.1 Å². The minimum absolute atomic E-state index is 0.0155. The van der Waals surface area contributed by atoms with E-state index >= 15 is 0 Å². The molecule has 35 heavy (non-hydrogen) atoms. The van der Waals surface area contributed by atoms with E-state index in [1.54, 1.807) is 17.0 Å². The predicted molar refractivity (Wildman–Crippen MR) is 136 cm³/mol. The number of fused-ring (bicyclic) bond motifs is 2. The molecule has 182 valence electrons. The molecule has 7 nitrogen and oxygen atoms in total. The number of aromatic nitrogens is 2. The van der Waals surface area contributed by atoms with E-state index in [1.807, 2.05) is 18.2 Å². The van der Waals surface area contributed by atoms with Gasteiger partial charge in [-0.3, -0.25) is 9.69 Å². The van der Waals surface area contributed by atoms with Gasteiger partial charge in [0.1, 0.15) is 30.3 Å². The normalized spacial score (nSPS) is 16.9. The molecule has 0 aliphatic carbocycles. The smallest absolute Gasteiger partial charge is 0.250 e. The van der Waals surface area contributed by atoms with Gasteiger partial charge in [-0.15, -0.1) is 0 Å². The van der Waals surface area contributed by atoms with E-state index < -0.39 is 5.82 Å². The van der Waals surface area contributed by atoms with Crippen LogP contribution in [0, 0.1) is 11.7 Å². The number of ether oxygens (including phenoxy) is 1. The van der Waals surface area contributed by atoms with Crippen LogP contribution in [0.5, 0.6) is 5.75 Å². The van der Waals surface area contributed by atoms with Gasteiger partial charge in [-0.25, -0.2) is 14.4 Å². The minimum Gasteiger partial charge on any atom is -0.489 e. The number of anilines is 3. The Kier molecular flexibility index (Phi) is 6.83. The minimum atomic E-state index is -0.493.